The minimum Gasteiger partial charge on any atom is -0.504 e. The lowest BCUT2D eigenvalue weighted by Gasteiger charge is -1.81. The largest absolute Gasteiger partial charge is 0.504 e. The van der Waals surface area contributed by atoms with E-state index < -0.39 is 16.1 Å². The van der Waals surface area contributed by atoms with Crippen LogP contribution in [-0.2, 0) is 0 Å². The minimum atomic E-state index is -0.758. The molecule has 0 saturated carbocycles. The van der Waals surface area contributed by atoms with Crippen molar-refractivity contribution >= 4 is 5.69 Å². The third-order valence-electron chi connectivity index (χ3n) is 1.26. The first-order chi connectivity index (χ1) is 5.61. The van der Waals surface area contributed by atoms with Crippen LogP contribution in [0.25, 0.3) is 0 Å². The van der Waals surface area contributed by atoms with Crippen LogP contribution < -0.4 is 5.43 Å². The lowest BCUT2D eigenvalue weighted by molar-refractivity contribution is -0.384. The lowest BCUT2D eigenvalue weighted by Crippen LogP contribution is -1.95. The Morgan fingerprint density at radius 1 is 1.42 bits per heavy atom. The molecule has 1 N–H and O–H groups in total. The van der Waals surface area contributed by atoms with E-state index in [1.54, 1.807) is 0 Å². The van der Waals surface area contributed by atoms with Crippen LogP contribution >= 0.6 is 0 Å². The number of nitrogens with zero attached hydrogens (tertiary/aromatic N) is 1. The van der Waals surface area contributed by atoms with Crippen molar-refractivity contribution in [1.82, 2.24) is 0 Å². The maximum atomic E-state index is 10.8. The zero-order valence-corrected chi connectivity index (χ0v) is 5.93. The lowest BCUT2D eigenvalue weighted by atomic mass is 10.4. The van der Waals surface area contributed by atoms with Gasteiger partial charge >= 0.3 is 0 Å². The monoisotopic (exact) mass is 167 g/mol. The van der Waals surface area contributed by atoms with Crippen LogP contribution in [0.5, 0.6) is 5.75 Å². The number of hydrogen-bond acceptors (Lipinski definition) is 4. The standard InChI is InChI=1S/C7H5NO4/c9-6-3-1-2-5(8(11)12)4-7(6)10/h1-4H,(H,9,10). The van der Waals surface area contributed by atoms with Gasteiger partial charge < -0.3 is 5.11 Å². The Balaban J connectivity index is 3.41. The highest BCUT2D eigenvalue weighted by Crippen LogP contribution is 2.07. The molecule has 0 atom stereocenters. The number of nitro groups is 1. The maximum absolute atomic E-state index is 10.8. The van der Waals surface area contributed by atoms with Crippen LogP contribution in [0.1, 0.15) is 0 Å². The third-order valence-corrected chi connectivity index (χ3v) is 1.26. The molecule has 1 rings (SSSR count). The normalized spacial score (nSPS) is 9.33. The molecule has 0 bridgehead atoms. The summed E-state index contributed by atoms with van der Waals surface area (Å²) in [7, 11) is 0. The number of hydrogen-bond donors (Lipinski definition) is 1. The van der Waals surface area contributed by atoms with Gasteiger partial charge in [-0.2, -0.15) is 0 Å². The zero-order chi connectivity index (χ0) is 9.14. The SMILES string of the molecule is O=c1cc([N+](=O)[O-])cccc1O. The van der Waals surface area contributed by atoms with E-state index in [4.69, 9.17) is 5.11 Å². The van der Waals surface area contributed by atoms with Crippen molar-refractivity contribution in [2.45, 2.75) is 0 Å². The van der Waals surface area contributed by atoms with E-state index in [1.807, 2.05) is 0 Å². The van der Waals surface area contributed by atoms with E-state index in [9.17, 15) is 14.9 Å². The molecule has 0 aliphatic heterocycles. The minimum absolute atomic E-state index is 0.333. The fourth-order valence-corrected chi connectivity index (χ4v) is 0.690. The average molecular weight is 167 g/mol. The van der Waals surface area contributed by atoms with Crippen molar-refractivity contribution in [2.75, 3.05) is 0 Å². The molecule has 0 aliphatic rings. The highest BCUT2D eigenvalue weighted by molar-refractivity contribution is 5.32. The van der Waals surface area contributed by atoms with E-state index in [-0.39, 0.29) is 5.69 Å². The predicted molar refractivity (Wildman–Crippen MR) is 41.0 cm³/mol. The van der Waals surface area contributed by atoms with Crippen LogP contribution in [0.2, 0.25) is 0 Å². The molecule has 0 aromatic heterocycles. The molecule has 0 fully saturated rings. The second-order valence-corrected chi connectivity index (χ2v) is 2.10. The van der Waals surface area contributed by atoms with Crippen molar-refractivity contribution in [3.8, 4) is 5.75 Å². The Morgan fingerprint density at radius 2 is 2.08 bits per heavy atom. The molecule has 62 valence electrons. The topological polar surface area (TPSA) is 80.4 Å². The fourth-order valence-electron chi connectivity index (χ4n) is 0.690. The van der Waals surface area contributed by atoms with E-state index in [1.165, 1.54) is 6.07 Å². The van der Waals surface area contributed by atoms with Gasteiger partial charge in [0.05, 0.1) is 11.0 Å². The highest BCUT2D eigenvalue weighted by atomic mass is 16.6. The Labute approximate surface area is 67.1 Å². The summed E-state index contributed by atoms with van der Waals surface area (Å²) in [5, 5.41) is 19.0. The molecule has 0 spiro atoms. The second-order valence-electron chi connectivity index (χ2n) is 2.10. The predicted octanol–water partition coefficient (Wildman–Crippen LogP) is 0.661. The Hall–Kier alpha value is -1.91. The van der Waals surface area contributed by atoms with Crippen LogP contribution in [0.3, 0.4) is 0 Å². The van der Waals surface area contributed by atoms with Crippen molar-refractivity contribution < 1.29 is 10.0 Å². The molecule has 5 nitrogen and oxygen atoms in total. The van der Waals surface area contributed by atoms with Crippen LogP contribution in [0.4, 0.5) is 5.69 Å². The van der Waals surface area contributed by atoms with Crippen LogP contribution in [0, 0.1) is 10.1 Å². The molecule has 0 unspecified atom stereocenters. The molecule has 0 radical (unpaired) electrons. The summed E-state index contributed by atoms with van der Waals surface area (Å²) < 4.78 is 0. The summed E-state index contributed by atoms with van der Waals surface area (Å²) >= 11 is 0. The Kier molecular flexibility index (Phi) is 2.05. The molecule has 5 heteroatoms. The summed E-state index contributed by atoms with van der Waals surface area (Å²) in [5.41, 5.74) is -1.09. The van der Waals surface area contributed by atoms with Gasteiger partial charge in [-0.1, -0.05) is 6.07 Å². The van der Waals surface area contributed by atoms with Crippen molar-refractivity contribution in [2.24, 2.45) is 0 Å². The van der Waals surface area contributed by atoms with E-state index in [2.05, 4.69) is 0 Å². The van der Waals surface area contributed by atoms with Gasteiger partial charge in [-0.05, 0) is 6.07 Å². The molecule has 1 aromatic rings. The molecule has 0 amide bonds. The molecule has 12 heavy (non-hydrogen) atoms. The fraction of sp³-hybridized carbons (Fsp3) is 0. The summed E-state index contributed by atoms with van der Waals surface area (Å²) in [6.45, 7) is 0. The smallest absolute Gasteiger partial charge is 0.273 e. The quantitative estimate of drug-likeness (QED) is 0.492. The molecule has 0 aliphatic carbocycles. The van der Waals surface area contributed by atoms with Gasteiger partial charge in [-0.15, -0.1) is 0 Å². The van der Waals surface area contributed by atoms with Crippen molar-refractivity contribution in [3.05, 3.63) is 44.6 Å². The van der Waals surface area contributed by atoms with E-state index in [0.717, 1.165) is 18.2 Å². The molecular weight excluding hydrogens is 162 g/mol. The second kappa shape index (κ2) is 3.00. The van der Waals surface area contributed by atoms with Gasteiger partial charge in [-0.25, -0.2) is 0 Å². The summed E-state index contributed by atoms with van der Waals surface area (Å²) in [4.78, 5) is 20.3. The summed E-state index contributed by atoms with van der Waals surface area (Å²) in [6.07, 6.45) is 0. The van der Waals surface area contributed by atoms with Gasteiger partial charge in [-0.3, -0.25) is 14.9 Å². The first-order valence-electron chi connectivity index (χ1n) is 3.09. The summed E-state index contributed by atoms with van der Waals surface area (Å²) in [6, 6.07) is 4.26. The van der Waals surface area contributed by atoms with Crippen molar-refractivity contribution in [1.29, 1.82) is 0 Å². The third kappa shape index (κ3) is 1.57. The molecule has 0 heterocycles. The van der Waals surface area contributed by atoms with Crippen LogP contribution in [-0.4, -0.2) is 10.0 Å². The maximum Gasteiger partial charge on any atom is 0.273 e. The Bertz CT molecular complexity index is 374. The molecular formula is C7H5NO4. The van der Waals surface area contributed by atoms with E-state index >= 15 is 0 Å². The Morgan fingerprint density at radius 3 is 2.67 bits per heavy atom. The van der Waals surface area contributed by atoms with Gasteiger partial charge in [0.1, 0.15) is 0 Å². The number of rotatable bonds is 1. The van der Waals surface area contributed by atoms with Crippen LogP contribution in [0.15, 0.2) is 29.1 Å². The summed E-state index contributed by atoms with van der Waals surface area (Å²) in [5.74, 6) is -0.497. The molecule has 0 saturated heterocycles. The highest BCUT2D eigenvalue weighted by Gasteiger charge is 2.04. The van der Waals surface area contributed by atoms with Gasteiger partial charge in [0.25, 0.3) is 5.69 Å². The van der Waals surface area contributed by atoms with Gasteiger partial charge in [0.15, 0.2) is 5.75 Å². The van der Waals surface area contributed by atoms with Crippen molar-refractivity contribution in [3.63, 3.8) is 0 Å². The average Bonchev–Trinajstić information content (AvgIpc) is 2.15. The first-order valence-corrected chi connectivity index (χ1v) is 3.09. The van der Waals surface area contributed by atoms with Gasteiger partial charge in [0, 0.05) is 6.07 Å². The zero-order valence-electron chi connectivity index (χ0n) is 5.93. The van der Waals surface area contributed by atoms with Gasteiger partial charge in [0.2, 0.25) is 5.43 Å². The molecule has 1 aromatic carbocycles. The number of aromatic hydroxyl groups is 1. The van der Waals surface area contributed by atoms with E-state index in [0.29, 0.717) is 0 Å². The first kappa shape index (κ1) is 8.19.